The maximum absolute atomic E-state index is 12.9. The Hall–Kier alpha value is -2.00. The maximum atomic E-state index is 12.9. The van der Waals surface area contributed by atoms with Crippen molar-refractivity contribution in [3.8, 4) is 5.88 Å². The molecule has 130 valence electrons. The van der Waals surface area contributed by atoms with E-state index in [1.54, 1.807) is 37.8 Å². The minimum absolute atomic E-state index is 0.0394. The van der Waals surface area contributed by atoms with Crippen LogP contribution in [0.5, 0.6) is 5.88 Å². The van der Waals surface area contributed by atoms with Gasteiger partial charge in [-0.25, -0.2) is 18.4 Å². The van der Waals surface area contributed by atoms with Crippen LogP contribution in [0.2, 0.25) is 0 Å². The van der Waals surface area contributed by atoms with E-state index in [2.05, 4.69) is 15.1 Å². The summed E-state index contributed by atoms with van der Waals surface area (Å²) in [6.45, 7) is 4.35. The average molecular weight is 351 g/mol. The van der Waals surface area contributed by atoms with Crippen LogP contribution < -0.4 is 4.74 Å². The summed E-state index contributed by atoms with van der Waals surface area (Å²) in [5.41, 5.74) is 1.20. The highest BCUT2D eigenvalue weighted by Gasteiger charge is 2.34. The fourth-order valence-corrected chi connectivity index (χ4v) is 4.84. The summed E-state index contributed by atoms with van der Waals surface area (Å²) in [7, 11) is -1.78. The van der Waals surface area contributed by atoms with E-state index in [0.29, 0.717) is 48.1 Å². The first-order valence-electron chi connectivity index (χ1n) is 7.82. The number of aryl methyl sites for hydroxylation is 2. The van der Waals surface area contributed by atoms with Crippen LogP contribution in [0, 0.1) is 13.8 Å². The summed E-state index contributed by atoms with van der Waals surface area (Å²) in [6, 6.07) is 1.70. The van der Waals surface area contributed by atoms with E-state index >= 15 is 0 Å². The second kappa shape index (κ2) is 6.48. The fraction of sp³-hybridized carbons (Fsp3) is 0.533. The largest absolute Gasteiger partial charge is 0.474 e. The Bertz CT molecular complexity index is 811. The second-order valence-electron chi connectivity index (χ2n) is 5.89. The molecule has 0 bridgehead atoms. The Kier molecular flexibility index (Phi) is 4.55. The van der Waals surface area contributed by atoms with Gasteiger partial charge in [-0.3, -0.25) is 4.68 Å². The SMILES string of the molecule is Cc1nn(C)c(C)c1S(=O)(=O)N1CCC(Oc2ccncn2)CC1. The minimum Gasteiger partial charge on any atom is -0.474 e. The van der Waals surface area contributed by atoms with Crippen LogP contribution in [0.25, 0.3) is 0 Å². The number of aromatic nitrogens is 4. The lowest BCUT2D eigenvalue weighted by Gasteiger charge is -2.31. The number of nitrogens with zero attached hydrogens (tertiary/aromatic N) is 5. The summed E-state index contributed by atoms with van der Waals surface area (Å²) in [5, 5.41) is 4.21. The van der Waals surface area contributed by atoms with Crippen molar-refractivity contribution in [1.29, 1.82) is 0 Å². The normalized spacial score (nSPS) is 17.1. The van der Waals surface area contributed by atoms with Crippen molar-refractivity contribution >= 4 is 10.0 Å². The first-order chi connectivity index (χ1) is 11.4. The molecule has 0 aromatic carbocycles. The van der Waals surface area contributed by atoms with Crippen molar-refractivity contribution in [3.05, 3.63) is 30.0 Å². The third-order valence-electron chi connectivity index (χ3n) is 4.28. The zero-order chi connectivity index (χ0) is 17.3. The van der Waals surface area contributed by atoms with Gasteiger partial charge in [0.1, 0.15) is 17.3 Å². The van der Waals surface area contributed by atoms with Gasteiger partial charge in [0.05, 0.1) is 11.4 Å². The maximum Gasteiger partial charge on any atom is 0.246 e. The van der Waals surface area contributed by atoms with Gasteiger partial charge < -0.3 is 4.74 Å². The molecule has 0 spiro atoms. The van der Waals surface area contributed by atoms with Gasteiger partial charge in [0, 0.05) is 32.4 Å². The molecule has 3 rings (SSSR count). The van der Waals surface area contributed by atoms with Crippen LogP contribution >= 0.6 is 0 Å². The Morgan fingerprint density at radius 2 is 1.96 bits per heavy atom. The van der Waals surface area contributed by atoms with E-state index in [0.717, 1.165) is 0 Å². The molecule has 0 radical (unpaired) electrons. The van der Waals surface area contributed by atoms with Crippen LogP contribution in [0.1, 0.15) is 24.2 Å². The smallest absolute Gasteiger partial charge is 0.246 e. The summed E-state index contributed by atoms with van der Waals surface area (Å²) in [5.74, 6) is 0.519. The number of sulfonamides is 1. The van der Waals surface area contributed by atoms with E-state index in [-0.39, 0.29) is 6.10 Å². The van der Waals surface area contributed by atoms with Crippen molar-refractivity contribution in [2.24, 2.45) is 7.05 Å². The standard InChI is InChI=1S/C15H21N5O3S/c1-11-15(12(2)19(3)18-11)24(21,22)20-8-5-13(6-9-20)23-14-4-7-16-10-17-14/h4,7,10,13H,5-6,8-9H2,1-3H3. The molecule has 24 heavy (non-hydrogen) atoms. The molecular formula is C15H21N5O3S. The number of ether oxygens (including phenoxy) is 1. The molecule has 2 aromatic rings. The molecule has 1 fully saturated rings. The predicted octanol–water partition coefficient (Wildman–Crippen LogP) is 1.06. The molecular weight excluding hydrogens is 330 g/mol. The van der Waals surface area contributed by atoms with Gasteiger partial charge >= 0.3 is 0 Å². The van der Waals surface area contributed by atoms with Crippen LogP contribution in [0.15, 0.2) is 23.5 Å². The number of rotatable bonds is 4. The van der Waals surface area contributed by atoms with E-state index < -0.39 is 10.0 Å². The van der Waals surface area contributed by atoms with Crippen LogP contribution in [0.3, 0.4) is 0 Å². The molecule has 8 nitrogen and oxygen atoms in total. The Balaban J connectivity index is 1.70. The fourth-order valence-electron chi connectivity index (χ4n) is 2.97. The summed E-state index contributed by atoms with van der Waals surface area (Å²) in [6.07, 6.45) is 4.27. The molecule has 0 aliphatic carbocycles. The number of piperidine rings is 1. The third-order valence-corrected chi connectivity index (χ3v) is 6.44. The highest BCUT2D eigenvalue weighted by Crippen LogP contribution is 2.26. The zero-order valence-corrected chi connectivity index (χ0v) is 14.8. The predicted molar refractivity (Wildman–Crippen MR) is 87.1 cm³/mol. The molecule has 0 amide bonds. The van der Waals surface area contributed by atoms with Gasteiger partial charge in [-0.2, -0.15) is 9.40 Å². The summed E-state index contributed by atoms with van der Waals surface area (Å²) < 4.78 is 34.7. The Morgan fingerprint density at radius 3 is 2.50 bits per heavy atom. The van der Waals surface area contributed by atoms with Crippen molar-refractivity contribution in [1.82, 2.24) is 24.1 Å². The van der Waals surface area contributed by atoms with Crippen molar-refractivity contribution in [3.63, 3.8) is 0 Å². The molecule has 2 aromatic heterocycles. The highest BCUT2D eigenvalue weighted by atomic mass is 32.2. The van der Waals surface area contributed by atoms with Gasteiger partial charge in [-0.1, -0.05) is 0 Å². The van der Waals surface area contributed by atoms with Crippen LogP contribution in [0.4, 0.5) is 0 Å². The van der Waals surface area contributed by atoms with E-state index in [1.165, 1.54) is 10.6 Å². The zero-order valence-electron chi connectivity index (χ0n) is 14.0. The molecule has 1 aliphatic rings. The van der Waals surface area contributed by atoms with Gasteiger partial charge in [-0.05, 0) is 26.7 Å². The average Bonchev–Trinajstić information content (AvgIpc) is 2.82. The topological polar surface area (TPSA) is 90.2 Å². The summed E-state index contributed by atoms with van der Waals surface area (Å²) in [4.78, 5) is 8.21. The van der Waals surface area contributed by atoms with E-state index in [1.807, 2.05) is 0 Å². The number of hydrogen-bond acceptors (Lipinski definition) is 6. The van der Waals surface area contributed by atoms with Crippen molar-refractivity contribution in [2.45, 2.75) is 37.7 Å². The molecule has 1 saturated heterocycles. The monoisotopic (exact) mass is 351 g/mol. The lowest BCUT2D eigenvalue weighted by Crippen LogP contribution is -2.42. The van der Waals surface area contributed by atoms with Gasteiger partial charge in [-0.15, -0.1) is 0 Å². The number of hydrogen-bond donors (Lipinski definition) is 0. The minimum atomic E-state index is -3.53. The lowest BCUT2D eigenvalue weighted by atomic mass is 10.1. The van der Waals surface area contributed by atoms with Gasteiger partial charge in [0.2, 0.25) is 15.9 Å². The third kappa shape index (κ3) is 3.13. The van der Waals surface area contributed by atoms with Crippen LogP contribution in [-0.2, 0) is 17.1 Å². The molecule has 0 unspecified atom stereocenters. The quantitative estimate of drug-likeness (QED) is 0.818. The van der Waals surface area contributed by atoms with Gasteiger partial charge in [0.15, 0.2) is 0 Å². The Labute approximate surface area is 141 Å². The highest BCUT2D eigenvalue weighted by molar-refractivity contribution is 7.89. The van der Waals surface area contributed by atoms with Crippen molar-refractivity contribution in [2.75, 3.05) is 13.1 Å². The Morgan fingerprint density at radius 1 is 1.25 bits per heavy atom. The molecule has 0 N–H and O–H groups in total. The molecule has 3 heterocycles. The second-order valence-corrected chi connectivity index (χ2v) is 7.77. The van der Waals surface area contributed by atoms with Crippen molar-refractivity contribution < 1.29 is 13.2 Å². The van der Waals surface area contributed by atoms with Gasteiger partial charge in [0.25, 0.3) is 0 Å². The molecule has 0 saturated carbocycles. The van der Waals surface area contributed by atoms with Crippen LogP contribution in [-0.4, -0.2) is 51.7 Å². The van der Waals surface area contributed by atoms with E-state index in [9.17, 15) is 8.42 Å². The first kappa shape index (κ1) is 16.8. The van der Waals surface area contributed by atoms with E-state index in [4.69, 9.17) is 4.74 Å². The molecule has 0 atom stereocenters. The first-order valence-corrected chi connectivity index (χ1v) is 9.26. The molecule has 9 heteroatoms. The lowest BCUT2D eigenvalue weighted by molar-refractivity contribution is 0.129. The molecule has 1 aliphatic heterocycles. The summed E-state index contributed by atoms with van der Waals surface area (Å²) >= 11 is 0.